The van der Waals surface area contributed by atoms with Crippen molar-refractivity contribution in [3.05, 3.63) is 26.7 Å². The summed E-state index contributed by atoms with van der Waals surface area (Å²) < 4.78 is 0. The van der Waals surface area contributed by atoms with Gasteiger partial charge in [0.25, 0.3) is 0 Å². The van der Waals surface area contributed by atoms with Crippen molar-refractivity contribution in [2.75, 3.05) is 0 Å². The number of hydrogen-bond donors (Lipinski definition) is 2. The highest BCUT2D eigenvalue weighted by atomic mass is 35.5. The molecule has 3 nitrogen and oxygen atoms in total. The molecule has 1 aromatic rings. The Hall–Kier alpha value is -0.640. The average molecular weight is 241 g/mol. The smallest absolute Gasteiger partial charge is 0.341 e. The number of phenols is 1. The van der Waals surface area contributed by atoms with E-state index in [4.69, 9.17) is 39.9 Å². The van der Waals surface area contributed by atoms with Crippen LogP contribution in [0.1, 0.15) is 10.4 Å². The zero-order chi connectivity index (χ0) is 10.2. The Morgan fingerprint density at radius 1 is 1.23 bits per heavy atom. The standard InChI is InChI=1S/C7H3Cl3O3/c8-2-1-3(9)5(10)6(11)4(2)7(12)13/h1,11H,(H,12,13). The Bertz CT molecular complexity index is 376. The summed E-state index contributed by atoms with van der Waals surface area (Å²) in [6.45, 7) is 0. The van der Waals surface area contributed by atoms with Crippen molar-refractivity contribution in [2.45, 2.75) is 0 Å². The predicted molar refractivity (Wildman–Crippen MR) is 50.1 cm³/mol. The molecule has 70 valence electrons. The number of hydrogen-bond acceptors (Lipinski definition) is 2. The molecule has 0 bridgehead atoms. The van der Waals surface area contributed by atoms with Crippen molar-refractivity contribution >= 4 is 40.8 Å². The third kappa shape index (κ3) is 1.82. The van der Waals surface area contributed by atoms with Crippen LogP contribution in [0, 0.1) is 0 Å². The molecule has 1 rings (SSSR count). The molecule has 0 amide bonds. The molecule has 0 heterocycles. The van der Waals surface area contributed by atoms with E-state index in [9.17, 15) is 9.90 Å². The van der Waals surface area contributed by atoms with Crippen LogP contribution in [0.3, 0.4) is 0 Å². The van der Waals surface area contributed by atoms with E-state index in [0.29, 0.717) is 0 Å². The summed E-state index contributed by atoms with van der Waals surface area (Å²) in [5.74, 6) is -1.98. The molecule has 0 saturated carbocycles. The van der Waals surface area contributed by atoms with Crippen LogP contribution in [0.2, 0.25) is 15.1 Å². The quantitative estimate of drug-likeness (QED) is 0.743. The third-order valence-corrected chi connectivity index (χ3v) is 2.44. The lowest BCUT2D eigenvalue weighted by atomic mass is 10.2. The minimum atomic E-state index is -1.36. The zero-order valence-corrected chi connectivity index (χ0v) is 8.28. The molecule has 0 saturated heterocycles. The van der Waals surface area contributed by atoms with Crippen molar-refractivity contribution in [1.82, 2.24) is 0 Å². The van der Waals surface area contributed by atoms with E-state index in [-0.39, 0.29) is 15.1 Å². The van der Waals surface area contributed by atoms with E-state index < -0.39 is 17.3 Å². The fraction of sp³-hybridized carbons (Fsp3) is 0. The largest absolute Gasteiger partial charge is 0.505 e. The third-order valence-electron chi connectivity index (χ3n) is 1.36. The Kier molecular flexibility index (Phi) is 2.91. The van der Waals surface area contributed by atoms with Crippen LogP contribution in [0.15, 0.2) is 6.07 Å². The highest BCUT2D eigenvalue weighted by molar-refractivity contribution is 6.45. The molecule has 0 aromatic heterocycles. The van der Waals surface area contributed by atoms with Crippen LogP contribution in [0.25, 0.3) is 0 Å². The minimum Gasteiger partial charge on any atom is -0.505 e. The molecule has 0 fully saturated rings. The molecule has 0 aliphatic rings. The van der Waals surface area contributed by atoms with Crippen LogP contribution in [-0.4, -0.2) is 16.2 Å². The lowest BCUT2D eigenvalue weighted by Gasteiger charge is -2.05. The van der Waals surface area contributed by atoms with Crippen LogP contribution in [0.4, 0.5) is 0 Å². The second kappa shape index (κ2) is 3.62. The number of benzene rings is 1. The molecule has 0 spiro atoms. The van der Waals surface area contributed by atoms with Crippen molar-refractivity contribution in [2.24, 2.45) is 0 Å². The Morgan fingerprint density at radius 2 is 1.77 bits per heavy atom. The van der Waals surface area contributed by atoms with E-state index in [1.54, 1.807) is 0 Å². The van der Waals surface area contributed by atoms with E-state index in [0.717, 1.165) is 6.07 Å². The van der Waals surface area contributed by atoms with Gasteiger partial charge in [0, 0.05) is 0 Å². The predicted octanol–water partition coefficient (Wildman–Crippen LogP) is 3.05. The van der Waals surface area contributed by atoms with E-state index in [2.05, 4.69) is 0 Å². The maximum atomic E-state index is 10.6. The summed E-state index contributed by atoms with van der Waals surface area (Å²) in [5, 5.41) is 17.5. The second-order valence-electron chi connectivity index (χ2n) is 2.18. The van der Waals surface area contributed by atoms with E-state index in [1.807, 2.05) is 0 Å². The molecule has 6 heteroatoms. The fourth-order valence-electron chi connectivity index (χ4n) is 0.786. The van der Waals surface area contributed by atoms with Gasteiger partial charge in [0.2, 0.25) is 0 Å². The van der Waals surface area contributed by atoms with Crippen LogP contribution < -0.4 is 0 Å². The van der Waals surface area contributed by atoms with Gasteiger partial charge in [-0.2, -0.15) is 0 Å². The maximum Gasteiger partial charge on any atom is 0.341 e. The van der Waals surface area contributed by atoms with Gasteiger partial charge in [-0.3, -0.25) is 0 Å². The molecule has 2 N–H and O–H groups in total. The topological polar surface area (TPSA) is 57.5 Å². The number of halogens is 3. The summed E-state index contributed by atoms with van der Waals surface area (Å²) in [6.07, 6.45) is 0. The van der Waals surface area contributed by atoms with E-state index >= 15 is 0 Å². The van der Waals surface area contributed by atoms with Crippen molar-refractivity contribution < 1.29 is 15.0 Å². The van der Waals surface area contributed by atoms with Gasteiger partial charge in [-0.1, -0.05) is 34.8 Å². The molecule has 13 heavy (non-hydrogen) atoms. The Balaban J connectivity index is 3.53. The van der Waals surface area contributed by atoms with Gasteiger partial charge in [0.15, 0.2) is 5.75 Å². The van der Waals surface area contributed by atoms with E-state index in [1.165, 1.54) is 0 Å². The van der Waals surface area contributed by atoms with Crippen molar-refractivity contribution in [1.29, 1.82) is 0 Å². The van der Waals surface area contributed by atoms with Crippen LogP contribution in [-0.2, 0) is 0 Å². The van der Waals surface area contributed by atoms with Gasteiger partial charge in [0.05, 0.1) is 10.0 Å². The zero-order valence-electron chi connectivity index (χ0n) is 6.01. The minimum absolute atomic E-state index is 0.00849. The van der Waals surface area contributed by atoms with Crippen LogP contribution in [0.5, 0.6) is 5.75 Å². The molecule has 0 unspecified atom stereocenters. The summed E-state index contributed by atoms with van der Waals surface area (Å²) >= 11 is 16.5. The second-order valence-corrected chi connectivity index (χ2v) is 3.38. The van der Waals surface area contributed by atoms with Crippen molar-refractivity contribution in [3.8, 4) is 5.75 Å². The first kappa shape index (κ1) is 10.4. The molecular weight excluding hydrogens is 238 g/mol. The first-order chi connectivity index (χ1) is 5.95. The number of aromatic carboxylic acids is 1. The summed E-state index contributed by atoms with van der Waals surface area (Å²) in [4.78, 5) is 10.6. The van der Waals surface area contributed by atoms with Crippen LogP contribution >= 0.6 is 34.8 Å². The van der Waals surface area contributed by atoms with Gasteiger partial charge >= 0.3 is 5.97 Å². The van der Waals surface area contributed by atoms with Gasteiger partial charge < -0.3 is 10.2 Å². The number of carboxylic acids is 1. The molecule has 0 aliphatic heterocycles. The number of aromatic hydroxyl groups is 1. The van der Waals surface area contributed by atoms with Crippen molar-refractivity contribution in [3.63, 3.8) is 0 Å². The summed E-state index contributed by atoms with van der Waals surface area (Å²) in [7, 11) is 0. The molecule has 0 radical (unpaired) electrons. The fourth-order valence-corrected chi connectivity index (χ4v) is 1.47. The summed E-state index contributed by atoms with van der Waals surface area (Å²) in [6, 6.07) is 1.16. The summed E-state index contributed by atoms with van der Waals surface area (Å²) in [5.41, 5.74) is -0.448. The maximum absolute atomic E-state index is 10.6. The normalized spacial score (nSPS) is 10.1. The molecular formula is C7H3Cl3O3. The Morgan fingerprint density at radius 3 is 2.23 bits per heavy atom. The lowest BCUT2D eigenvalue weighted by molar-refractivity contribution is 0.0694. The van der Waals surface area contributed by atoms with Gasteiger partial charge in [-0.05, 0) is 6.07 Å². The highest BCUT2D eigenvalue weighted by Crippen LogP contribution is 2.38. The number of carboxylic acid groups (broad SMARTS) is 1. The average Bonchev–Trinajstić information content (AvgIpc) is 1.99. The lowest BCUT2D eigenvalue weighted by Crippen LogP contribution is -1.98. The first-order valence-corrected chi connectivity index (χ1v) is 4.18. The SMILES string of the molecule is O=C(O)c1c(Cl)cc(Cl)c(Cl)c1O. The molecule has 0 aliphatic carbocycles. The molecule has 0 atom stereocenters. The highest BCUT2D eigenvalue weighted by Gasteiger charge is 2.19. The first-order valence-electron chi connectivity index (χ1n) is 3.05. The van der Waals surface area contributed by atoms with Gasteiger partial charge in [-0.15, -0.1) is 0 Å². The van der Waals surface area contributed by atoms with Gasteiger partial charge in [0.1, 0.15) is 10.6 Å². The monoisotopic (exact) mass is 240 g/mol. The van der Waals surface area contributed by atoms with Gasteiger partial charge in [-0.25, -0.2) is 4.79 Å². The Labute approximate surface area is 88.5 Å². The molecule has 1 aromatic carbocycles. The number of carbonyl (C=O) groups is 1. The number of rotatable bonds is 1.